The fraction of sp³-hybridized carbons (Fsp3) is 0. The minimum absolute atomic E-state index is 0.841. The zero-order valence-corrected chi connectivity index (χ0v) is 25.4. The van der Waals surface area contributed by atoms with Crippen LogP contribution in [0.25, 0.3) is 76.5 Å². The summed E-state index contributed by atoms with van der Waals surface area (Å²) >= 11 is 0. The molecular formula is C44H27NO2. The van der Waals surface area contributed by atoms with Crippen LogP contribution < -0.4 is 4.90 Å². The van der Waals surface area contributed by atoms with E-state index < -0.39 is 0 Å². The zero-order chi connectivity index (χ0) is 30.9. The summed E-state index contributed by atoms with van der Waals surface area (Å²) in [6.45, 7) is 0. The van der Waals surface area contributed by atoms with Gasteiger partial charge >= 0.3 is 0 Å². The highest BCUT2D eigenvalue weighted by molar-refractivity contribution is 6.28. The molecule has 0 amide bonds. The molecule has 0 N–H and O–H groups in total. The summed E-state index contributed by atoms with van der Waals surface area (Å²) in [5.41, 5.74) is 9.08. The molecule has 0 unspecified atom stereocenters. The third kappa shape index (κ3) is 4.00. The standard InChI is InChI=1S/C44H27NO2/c1-2-12-31(13-3-1)45(32-20-17-30(18-21-32)35-16-8-11-28-9-4-6-14-34(28)35)33-22-24-37-41(27-33)46-39-25-26-40-43(42(37)39)38-23-19-29-10-5-7-15-36(29)44(38)47-40/h1-27H. The molecule has 0 aliphatic heterocycles. The van der Waals surface area contributed by atoms with E-state index in [-0.39, 0.29) is 0 Å². The molecule has 0 aliphatic carbocycles. The van der Waals surface area contributed by atoms with Gasteiger partial charge in [0.25, 0.3) is 0 Å². The lowest BCUT2D eigenvalue weighted by molar-refractivity contribution is 0.664. The van der Waals surface area contributed by atoms with Crippen LogP contribution in [0.5, 0.6) is 0 Å². The maximum absolute atomic E-state index is 6.58. The van der Waals surface area contributed by atoms with Gasteiger partial charge < -0.3 is 13.7 Å². The Balaban J connectivity index is 1.13. The van der Waals surface area contributed by atoms with Gasteiger partial charge in [-0.05, 0) is 81.9 Å². The summed E-state index contributed by atoms with van der Waals surface area (Å²) in [4.78, 5) is 2.29. The van der Waals surface area contributed by atoms with E-state index in [2.05, 4.69) is 157 Å². The van der Waals surface area contributed by atoms with Crippen molar-refractivity contribution in [1.82, 2.24) is 0 Å². The number of hydrogen-bond acceptors (Lipinski definition) is 3. The minimum Gasteiger partial charge on any atom is -0.456 e. The number of furan rings is 2. The molecule has 0 fully saturated rings. The van der Waals surface area contributed by atoms with Crippen LogP contribution in [0.4, 0.5) is 17.1 Å². The van der Waals surface area contributed by atoms with Crippen LogP contribution in [0.2, 0.25) is 0 Å². The third-order valence-electron chi connectivity index (χ3n) is 9.44. The first kappa shape index (κ1) is 26.0. The van der Waals surface area contributed by atoms with Crippen molar-refractivity contribution in [2.45, 2.75) is 0 Å². The lowest BCUT2D eigenvalue weighted by Crippen LogP contribution is -2.09. The smallest absolute Gasteiger partial charge is 0.143 e. The van der Waals surface area contributed by atoms with Gasteiger partial charge in [0.2, 0.25) is 0 Å². The Labute approximate surface area is 270 Å². The van der Waals surface area contributed by atoms with Crippen LogP contribution in [0, 0.1) is 0 Å². The van der Waals surface area contributed by atoms with Crippen LogP contribution in [0.1, 0.15) is 0 Å². The van der Waals surface area contributed by atoms with E-state index in [1.807, 2.05) is 12.1 Å². The van der Waals surface area contributed by atoms with E-state index in [1.54, 1.807) is 0 Å². The van der Waals surface area contributed by atoms with Gasteiger partial charge in [-0.25, -0.2) is 0 Å². The molecule has 220 valence electrons. The molecular weight excluding hydrogens is 574 g/mol. The molecule has 3 heteroatoms. The predicted molar refractivity (Wildman–Crippen MR) is 196 cm³/mol. The van der Waals surface area contributed by atoms with Crippen LogP contribution in [0.15, 0.2) is 173 Å². The molecule has 0 bridgehead atoms. The highest BCUT2D eigenvalue weighted by atomic mass is 16.3. The molecule has 8 aromatic carbocycles. The number of fused-ring (bicyclic) bond motifs is 10. The van der Waals surface area contributed by atoms with Crippen molar-refractivity contribution in [3.8, 4) is 11.1 Å². The summed E-state index contributed by atoms with van der Waals surface area (Å²) in [6, 6.07) is 57.8. The lowest BCUT2D eigenvalue weighted by Gasteiger charge is -2.25. The normalized spacial score (nSPS) is 11.8. The summed E-state index contributed by atoms with van der Waals surface area (Å²) in [7, 11) is 0. The predicted octanol–water partition coefficient (Wildman–Crippen LogP) is 12.9. The summed E-state index contributed by atoms with van der Waals surface area (Å²) in [5.74, 6) is 0. The van der Waals surface area contributed by atoms with Gasteiger partial charge in [0, 0.05) is 50.1 Å². The number of anilines is 3. The molecule has 10 aromatic rings. The summed E-state index contributed by atoms with van der Waals surface area (Å²) < 4.78 is 13.1. The summed E-state index contributed by atoms with van der Waals surface area (Å²) in [6.07, 6.45) is 0. The zero-order valence-electron chi connectivity index (χ0n) is 25.4. The Morgan fingerprint density at radius 3 is 1.81 bits per heavy atom. The first-order valence-corrected chi connectivity index (χ1v) is 15.9. The van der Waals surface area contributed by atoms with Crippen molar-refractivity contribution in [2.75, 3.05) is 4.90 Å². The van der Waals surface area contributed by atoms with Gasteiger partial charge in [0.1, 0.15) is 22.3 Å². The average molecular weight is 602 g/mol. The van der Waals surface area contributed by atoms with Crippen molar-refractivity contribution < 1.29 is 8.83 Å². The van der Waals surface area contributed by atoms with Crippen molar-refractivity contribution in [1.29, 1.82) is 0 Å². The quantitative estimate of drug-likeness (QED) is 0.201. The van der Waals surface area contributed by atoms with E-state index in [9.17, 15) is 0 Å². The second kappa shape index (κ2) is 10.1. The average Bonchev–Trinajstić information content (AvgIpc) is 3.70. The van der Waals surface area contributed by atoms with Crippen LogP contribution in [0.3, 0.4) is 0 Å². The summed E-state index contributed by atoms with van der Waals surface area (Å²) in [5, 5.41) is 9.15. The van der Waals surface area contributed by atoms with Crippen LogP contribution in [-0.2, 0) is 0 Å². The molecule has 3 nitrogen and oxygen atoms in total. The Hall–Kier alpha value is -6.32. The molecule has 0 saturated heterocycles. The van der Waals surface area contributed by atoms with Crippen LogP contribution >= 0.6 is 0 Å². The molecule has 0 aliphatic rings. The molecule has 0 radical (unpaired) electrons. The second-order valence-electron chi connectivity index (χ2n) is 12.1. The molecule has 0 atom stereocenters. The fourth-order valence-electron chi connectivity index (χ4n) is 7.28. The Morgan fingerprint density at radius 2 is 0.979 bits per heavy atom. The first-order chi connectivity index (χ1) is 23.3. The topological polar surface area (TPSA) is 29.5 Å². The molecule has 0 saturated carbocycles. The van der Waals surface area contributed by atoms with E-state index in [1.165, 1.54) is 27.3 Å². The van der Waals surface area contributed by atoms with Crippen LogP contribution in [-0.4, -0.2) is 0 Å². The Bertz CT molecular complexity index is 2780. The number of hydrogen-bond donors (Lipinski definition) is 0. The monoisotopic (exact) mass is 601 g/mol. The first-order valence-electron chi connectivity index (χ1n) is 15.9. The molecule has 10 rings (SSSR count). The highest BCUT2D eigenvalue weighted by Gasteiger charge is 2.20. The lowest BCUT2D eigenvalue weighted by atomic mass is 9.98. The van der Waals surface area contributed by atoms with Crippen molar-refractivity contribution in [3.05, 3.63) is 164 Å². The Morgan fingerprint density at radius 1 is 0.362 bits per heavy atom. The van der Waals surface area contributed by atoms with E-state index in [0.717, 1.165) is 66.3 Å². The van der Waals surface area contributed by atoms with Crippen molar-refractivity contribution in [2.24, 2.45) is 0 Å². The van der Waals surface area contributed by atoms with Gasteiger partial charge in [-0.3, -0.25) is 0 Å². The number of para-hydroxylation sites is 1. The molecule has 2 aromatic heterocycles. The fourth-order valence-corrected chi connectivity index (χ4v) is 7.28. The van der Waals surface area contributed by atoms with Gasteiger partial charge in [-0.1, -0.05) is 103 Å². The third-order valence-corrected chi connectivity index (χ3v) is 9.44. The molecule has 0 spiro atoms. The van der Waals surface area contributed by atoms with E-state index >= 15 is 0 Å². The maximum atomic E-state index is 6.58. The van der Waals surface area contributed by atoms with E-state index in [0.29, 0.717) is 0 Å². The number of benzene rings is 8. The van der Waals surface area contributed by atoms with Gasteiger partial charge in [-0.15, -0.1) is 0 Å². The van der Waals surface area contributed by atoms with Crippen molar-refractivity contribution >= 4 is 82.5 Å². The minimum atomic E-state index is 0.841. The number of rotatable bonds is 4. The highest BCUT2D eigenvalue weighted by Crippen LogP contribution is 2.44. The van der Waals surface area contributed by atoms with Gasteiger partial charge in [-0.2, -0.15) is 0 Å². The molecule has 2 heterocycles. The SMILES string of the molecule is c1ccc(N(c2ccc(-c3cccc4ccccc34)cc2)c2ccc3c(c2)oc2ccc4oc5c6ccccc6ccc5c4c23)cc1. The van der Waals surface area contributed by atoms with Gasteiger partial charge in [0.15, 0.2) is 0 Å². The largest absolute Gasteiger partial charge is 0.456 e. The second-order valence-corrected chi connectivity index (χ2v) is 12.1. The molecule has 47 heavy (non-hydrogen) atoms. The van der Waals surface area contributed by atoms with Gasteiger partial charge in [0.05, 0.1) is 0 Å². The maximum Gasteiger partial charge on any atom is 0.143 e. The van der Waals surface area contributed by atoms with Crippen molar-refractivity contribution in [3.63, 3.8) is 0 Å². The number of nitrogens with zero attached hydrogens (tertiary/aromatic N) is 1. The Kier molecular flexibility index (Phi) is 5.57. The van der Waals surface area contributed by atoms with E-state index in [4.69, 9.17) is 8.83 Å².